The Morgan fingerprint density at radius 3 is 2.62 bits per heavy atom. The molecule has 84 valence electrons. The van der Waals surface area contributed by atoms with Crippen molar-refractivity contribution in [3.63, 3.8) is 0 Å². The fraction of sp³-hybridized carbons (Fsp3) is 0.200. The van der Waals surface area contributed by atoms with Crippen molar-refractivity contribution < 1.29 is 18.3 Å². The van der Waals surface area contributed by atoms with Crippen molar-refractivity contribution in [1.29, 1.82) is 5.26 Å². The van der Waals surface area contributed by atoms with Crippen LogP contribution in [0.3, 0.4) is 0 Å². The van der Waals surface area contributed by atoms with E-state index in [9.17, 15) is 13.6 Å². The summed E-state index contributed by atoms with van der Waals surface area (Å²) in [6.45, 7) is -1.93. The Kier molecular flexibility index (Phi) is 3.80. The first-order valence-electron chi connectivity index (χ1n) is 4.15. The van der Waals surface area contributed by atoms with E-state index >= 15 is 0 Å². The Morgan fingerprint density at radius 2 is 2.19 bits per heavy atom. The standard InChI is InChI=1S/C10H6ClF2NO2/c1-5(15)8-3-7(11)2-6(4-14)9(8)16-10(12)13/h2-3,10H,1H3. The molecular weight excluding hydrogens is 240 g/mol. The fourth-order valence-electron chi connectivity index (χ4n) is 1.15. The van der Waals surface area contributed by atoms with Gasteiger partial charge < -0.3 is 4.74 Å². The van der Waals surface area contributed by atoms with Crippen LogP contribution in [0.5, 0.6) is 5.75 Å². The molecule has 0 aromatic heterocycles. The average molecular weight is 246 g/mol. The summed E-state index contributed by atoms with van der Waals surface area (Å²) in [5.74, 6) is -0.941. The number of benzene rings is 1. The maximum absolute atomic E-state index is 12.1. The van der Waals surface area contributed by atoms with E-state index in [2.05, 4.69) is 4.74 Å². The first-order valence-corrected chi connectivity index (χ1v) is 4.53. The lowest BCUT2D eigenvalue weighted by Gasteiger charge is -2.10. The third-order valence-corrected chi connectivity index (χ3v) is 1.98. The summed E-state index contributed by atoms with van der Waals surface area (Å²) in [5, 5.41) is 8.83. The molecular formula is C10H6ClF2NO2. The van der Waals surface area contributed by atoms with Crippen LogP contribution < -0.4 is 4.74 Å². The van der Waals surface area contributed by atoms with Crippen LogP contribution in [0.25, 0.3) is 0 Å². The summed E-state index contributed by atoms with van der Waals surface area (Å²) in [6, 6.07) is 3.98. The molecule has 16 heavy (non-hydrogen) atoms. The van der Waals surface area contributed by atoms with E-state index in [1.54, 1.807) is 6.07 Å². The Bertz CT molecular complexity index is 469. The van der Waals surface area contributed by atoms with Gasteiger partial charge in [0.25, 0.3) is 0 Å². The Morgan fingerprint density at radius 1 is 1.56 bits per heavy atom. The van der Waals surface area contributed by atoms with Crippen molar-refractivity contribution >= 4 is 17.4 Å². The number of ether oxygens (including phenoxy) is 1. The zero-order chi connectivity index (χ0) is 12.3. The number of Topliss-reactive ketones (excluding diaryl/α,β-unsaturated/α-hetero) is 1. The summed E-state index contributed by atoms with van der Waals surface area (Å²) >= 11 is 5.63. The number of nitriles is 1. The number of hydrogen-bond acceptors (Lipinski definition) is 3. The first-order chi connectivity index (χ1) is 7.45. The lowest BCUT2D eigenvalue weighted by molar-refractivity contribution is -0.0503. The smallest absolute Gasteiger partial charge is 0.387 e. The van der Waals surface area contributed by atoms with Gasteiger partial charge in [-0.2, -0.15) is 14.0 Å². The van der Waals surface area contributed by atoms with Crippen molar-refractivity contribution in [3.8, 4) is 11.8 Å². The van der Waals surface area contributed by atoms with Gasteiger partial charge in [-0.3, -0.25) is 4.79 Å². The van der Waals surface area contributed by atoms with Crippen molar-refractivity contribution in [1.82, 2.24) is 0 Å². The molecule has 0 saturated carbocycles. The molecule has 1 aromatic carbocycles. The highest BCUT2D eigenvalue weighted by molar-refractivity contribution is 6.31. The van der Waals surface area contributed by atoms with Gasteiger partial charge in [-0.1, -0.05) is 11.6 Å². The molecule has 0 unspecified atom stereocenters. The Hall–Kier alpha value is -1.67. The quantitative estimate of drug-likeness (QED) is 0.769. The van der Waals surface area contributed by atoms with Gasteiger partial charge in [-0.15, -0.1) is 0 Å². The number of halogens is 3. The molecule has 0 fully saturated rings. The Labute approximate surface area is 95.2 Å². The highest BCUT2D eigenvalue weighted by Crippen LogP contribution is 2.29. The maximum Gasteiger partial charge on any atom is 0.387 e. The van der Waals surface area contributed by atoms with Crippen LogP contribution in [-0.4, -0.2) is 12.4 Å². The second-order valence-corrected chi connectivity index (χ2v) is 3.31. The van der Waals surface area contributed by atoms with E-state index in [1.807, 2.05) is 0 Å². The SMILES string of the molecule is CC(=O)c1cc(Cl)cc(C#N)c1OC(F)F. The second-order valence-electron chi connectivity index (χ2n) is 2.88. The highest BCUT2D eigenvalue weighted by atomic mass is 35.5. The van der Waals surface area contributed by atoms with Crippen LogP contribution in [0.1, 0.15) is 22.8 Å². The van der Waals surface area contributed by atoms with Gasteiger partial charge in [-0.05, 0) is 19.1 Å². The van der Waals surface area contributed by atoms with Crippen LogP contribution in [-0.2, 0) is 0 Å². The van der Waals surface area contributed by atoms with Gasteiger partial charge >= 0.3 is 6.61 Å². The molecule has 0 bridgehead atoms. The molecule has 1 rings (SSSR count). The molecule has 0 radical (unpaired) electrons. The van der Waals surface area contributed by atoms with Crippen molar-refractivity contribution in [2.45, 2.75) is 13.5 Å². The lowest BCUT2D eigenvalue weighted by Crippen LogP contribution is -2.08. The lowest BCUT2D eigenvalue weighted by atomic mass is 10.1. The van der Waals surface area contributed by atoms with E-state index in [0.29, 0.717) is 0 Å². The number of rotatable bonds is 3. The third-order valence-electron chi connectivity index (χ3n) is 1.76. The van der Waals surface area contributed by atoms with Gasteiger partial charge in [0.1, 0.15) is 6.07 Å². The zero-order valence-corrected chi connectivity index (χ0v) is 8.89. The normalized spacial score (nSPS) is 10.0. The summed E-state index contributed by atoms with van der Waals surface area (Å²) in [7, 11) is 0. The molecule has 0 saturated heterocycles. The molecule has 3 nitrogen and oxygen atoms in total. The minimum Gasteiger partial charge on any atom is -0.433 e. The third kappa shape index (κ3) is 2.67. The van der Waals surface area contributed by atoms with Crippen molar-refractivity contribution in [3.05, 3.63) is 28.3 Å². The minimum absolute atomic E-state index is 0.114. The van der Waals surface area contributed by atoms with E-state index < -0.39 is 18.1 Å². The highest BCUT2D eigenvalue weighted by Gasteiger charge is 2.18. The molecule has 0 N–H and O–H groups in total. The number of carbonyl (C=O) groups is 1. The van der Waals surface area contributed by atoms with Crippen LogP contribution >= 0.6 is 11.6 Å². The summed E-state index contributed by atoms with van der Waals surface area (Å²) in [6.07, 6.45) is 0. The summed E-state index contributed by atoms with van der Waals surface area (Å²) in [5.41, 5.74) is -0.331. The molecule has 0 aliphatic heterocycles. The second kappa shape index (κ2) is 4.90. The number of alkyl halides is 2. The molecule has 0 aliphatic rings. The molecule has 0 aliphatic carbocycles. The monoisotopic (exact) mass is 245 g/mol. The van der Waals surface area contributed by atoms with Crippen LogP contribution in [0.4, 0.5) is 8.78 Å². The van der Waals surface area contributed by atoms with Gasteiger partial charge in [0.15, 0.2) is 11.5 Å². The average Bonchev–Trinajstić information content (AvgIpc) is 2.19. The molecule has 0 spiro atoms. The maximum atomic E-state index is 12.1. The largest absolute Gasteiger partial charge is 0.433 e. The number of carbonyl (C=O) groups excluding carboxylic acids is 1. The van der Waals surface area contributed by atoms with E-state index in [0.717, 1.165) is 6.07 Å². The molecule has 0 heterocycles. The van der Waals surface area contributed by atoms with E-state index in [4.69, 9.17) is 16.9 Å². The van der Waals surface area contributed by atoms with Gasteiger partial charge in [0, 0.05) is 5.02 Å². The number of ketones is 1. The molecule has 1 aromatic rings. The number of hydrogen-bond donors (Lipinski definition) is 0. The number of nitrogens with zero attached hydrogens (tertiary/aromatic N) is 1. The predicted octanol–water partition coefficient (Wildman–Crippen LogP) is 3.02. The van der Waals surface area contributed by atoms with E-state index in [1.165, 1.54) is 13.0 Å². The first kappa shape index (κ1) is 12.4. The van der Waals surface area contributed by atoms with Crippen LogP contribution in [0.2, 0.25) is 5.02 Å². The van der Waals surface area contributed by atoms with Gasteiger partial charge in [0.2, 0.25) is 0 Å². The van der Waals surface area contributed by atoms with Crippen LogP contribution in [0.15, 0.2) is 12.1 Å². The minimum atomic E-state index is -3.11. The van der Waals surface area contributed by atoms with E-state index in [-0.39, 0.29) is 16.1 Å². The molecule has 6 heteroatoms. The summed E-state index contributed by atoms with van der Waals surface area (Å²) < 4.78 is 28.4. The Balaban J connectivity index is 3.40. The van der Waals surface area contributed by atoms with Crippen LogP contribution in [0, 0.1) is 11.3 Å². The van der Waals surface area contributed by atoms with Crippen molar-refractivity contribution in [2.24, 2.45) is 0 Å². The van der Waals surface area contributed by atoms with Gasteiger partial charge in [-0.25, -0.2) is 0 Å². The topological polar surface area (TPSA) is 50.1 Å². The summed E-state index contributed by atoms with van der Waals surface area (Å²) in [4.78, 5) is 11.2. The predicted molar refractivity (Wildman–Crippen MR) is 52.8 cm³/mol. The van der Waals surface area contributed by atoms with Gasteiger partial charge in [0.05, 0.1) is 11.1 Å². The molecule has 0 atom stereocenters. The zero-order valence-electron chi connectivity index (χ0n) is 8.13. The van der Waals surface area contributed by atoms with Crippen molar-refractivity contribution in [2.75, 3.05) is 0 Å². The molecule has 0 amide bonds. The fourth-order valence-corrected chi connectivity index (χ4v) is 1.37.